The number of ether oxygens (including phenoxy) is 9. The number of fused-ring (bicyclic) bond motifs is 12. The van der Waals surface area contributed by atoms with Crippen molar-refractivity contribution in [3.63, 3.8) is 0 Å². The van der Waals surface area contributed by atoms with Crippen LogP contribution in [0, 0.1) is 12.3 Å². The molecule has 5 unspecified atom stereocenters. The molecule has 0 fully saturated rings. The summed E-state index contributed by atoms with van der Waals surface area (Å²) in [7, 11) is 1.58. The average molecular weight is 1910 g/mol. The predicted octanol–water partition coefficient (Wildman–Crippen LogP) is 24.7. The van der Waals surface area contributed by atoms with Crippen molar-refractivity contribution >= 4 is 172 Å². The molecule has 0 bridgehead atoms. The maximum Gasteiger partial charge on any atom is 0.412 e. The SMILES string of the molecule is C#CCOC(=O)N1CCc2c([nH]c3ccc(Cl)cc23)C1c1ccc(OCCCCl)cc1.CC(C)OC(=O)N1CCc2c([nH]c3ccc(Cl)cc23)C1c1ccc(OCCCCl)cc1.CCC(Cl)OC(=O)N1CCc2c([nH]c3ccc(Cl)cc23)C1c1ccc(OCCCCl)cc1.COCCOC(=O)N1CCc2c([nH]c3ccc(Cl)cc23)C1c1ccc(OCCCCCl)cc1. The number of alkyl halides is 5. The molecule has 12 aromatic rings. The van der Waals surface area contributed by atoms with Crippen LogP contribution >= 0.6 is 104 Å². The van der Waals surface area contributed by atoms with E-state index in [1.54, 1.807) is 26.7 Å². The first kappa shape index (κ1) is 94.9. The molecule has 0 saturated heterocycles. The highest BCUT2D eigenvalue weighted by Crippen LogP contribution is 2.46. The summed E-state index contributed by atoms with van der Waals surface area (Å²) in [5.74, 6) is 7.77. The second-order valence-corrected chi connectivity index (χ2v) is 34.7. The van der Waals surface area contributed by atoms with E-state index in [1.807, 2.05) is 191 Å². The Kier molecular flexibility index (Phi) is 34.4. The summed E-state index contributed by atoms with van der Waals surface area (Å²) in [6.07, 6.45) is 11.1. The van der Waals surface area contributed by atoms with Crippen LogP contribution in [0.15, 0.2) is 170 Å². The smallest absolute Gasteiger partial charge is 0.412 e. The highest BCUT2D eigenvalue weighted by molar-refractivity contribution is 6.32. The van der Waals surface area contributed by atoms with Gasteiger partial charge in [0.1, 0.15) is 53.8 Å². The molecule has 4 amide bonds. The number of hydrogen-bond acceptors (Lipinski definition) is 13. The van der Waals surface area contributed by atoms with Crippen molar-refractivity contribution in [2.45, 2.75) is 121 Å². The van der Waals surface area contributed by atoms with Gasteiger partial charge in [-0.2, -0.15) is 0 Å². The van der Waals surface area contributed by atoms with E-state index in [9.17, 15) is 19.2 Å². The number of aromatic amines is 4. The van der Waals surface area contributed by atoms with Crippen molar-refractivity contribution in [2.24, 2.45) is 0 Å². The first-order chi connectivity index (χ1) is 61.7. The van der Waals surface area contributed by atoms with E-state index in [0.717, 1.165) is 161 Å². The fourth-order valence-corrected chi connectivity index (χ4v) is 17.6. The van der Waals surface area contributed by atoms with Gasteiger partial charge in [0.25, 0.3) is 0 Å². The Hall–Kier alpha value is -9.67. The minimum atomic E-state index is -0.663. The lowest BCUT2D eigenvalue weighted by atomic mass is 9.92. The number of amides is 4. The Labute approximate surface area is 784 Å². The number of carbonyl (C=O) groups is 4. The zero-order chi connectivity index (χ0) is 89.6. The first-order valence-electron chi connectivity index (χ1n) is 42.5. The van der Waals surface area contributed by atoms with Crippen LogP contribution in [0.25, 0.3) is 43.6 Å². The lowest BCUT2D eigenvalue weighted by Gasteiger charge is -2.36. The molecular weight excluding hydrogens is 1800 g/mol. The molecule has 4 aliphatic heterocycles. The number of hydrogen-bond donors (Lipinski definition) is 4. The number of unbranched alkanes of at least 4 members (excludes halogenated alkanes) is 1. The van der Waals surface area contributed by atoms with Crippen LogP contribution in [-0.2, 0) is 49.4 Å². The number of aromatic nitrogens is 4. The summed E-state index contributed by atoms with van der Waals surface area (Å²) in [6, 6.07) is 53.3. The van der Waals surface area contributed by atoms with Gasteiger partial charge in [-0.05, 0) is 244 Å². The molecule has 4 aliphatic rings. The van der Waals surface area contributed by atoms with Gasteiger partial charge < -0.3 is 62.6 Å². The Morgan fingerprint density at radius 3 is 0.969 bits per heavy atom. The predicted molar refractivity (Wildman–Crippen MR) is 507 cm³/mol. The molecule has 0 aliphatic carbocycles. The summed E-state index contributed by atoms with van der Waals surface area (Å²) >= 11 is 54.0. The van der Waals surface area contributed by atoms with E-state index < -0.39 is 17.7 Å². The Morgan fingerprint density at radius 2 is 0.685 bits per heavy atom. The molecule has 21 nitrogen and oxygen atoms in total. The summed E-state index contributed by atoms with van der Waals surface area (Å²) in [4.78, 5) is 72.8. The third-order valence-corrected chi connectivity index (χ3v) is 24.6. The lowest BCUT2D eigenvalue weighted by molar-refractivity contribution is 0.0628. The molecule has 0 saturated carbocycles. The molecule has 4 N–H and O–H groups in total. The van der Waals surface area contributed by atoms with Crippen LogP contribution in [-0.4, -0.2) is 179 Å². The quantitative estimate of drug-likeness (QED) is 0.0155. The van der Waals surface area contributed by atoms with Gasteiger partial charge in [-0.1, -0.05) is 119 Å². The molecule has 670 valence electrons. The molecule has 4 aromatic heterocycles. The second-order valence-electron chi connectivity index (χ2n) is 30.9. The van der Waals surface area contributed by atoms with Crippen molar-refractivity contribution in [2.75, 3.05) is 103 Å². The standard InChI is InChI=1S/C25H28Cl2N2O4.C24H25Cl3N2O3.C24H26Cl2N2O3.C24H22Cl2N2O3/c1-31-14-15-33-25(30)29-12-10-20-21-16-18(27)6-9-22(21)28-23(20)24(29)17-4-7-19(8-5-17)32-13-3-2-11-26;1-2-21(27)32-24(30)29-12-10-18-19-14-16(26)6-9-20(19)28-22(18)23(29)15-4-7-17(8-5-15)31-13-3-11-25;1-15(2)31-24(29)28-12-10-19-20-14-17(26)6-9-21(20)27-22(19)23(28)16-4-7-18(8-5-16)30-13-3-11-25;1-2-13-31-24(29)28-12-10-19-20-15-17(26)6-9-21(20)27-22(19)23(28)16-4-7-18(8-5-16)30-14-3-11-25/h4-9,16,24,28H,2-3,10-15H2,1H3;4-9,14,21,23,28H,2-3,10-13H2,1H3;4-9,14-15,23,27H,3,10-13H2,1-2H3;1,4-9,15,23,27H,3,10-14H2. The van der Waals surface area contributed by atoms with Crippen LogP contribution in [0.3, 0.4) is 0 Å². The molecular formula is C97H101Cl9N8O13. The number of methoxy groups -OCH3 is 1. The van der Waals surface area contributed by atoms with E-state index in [1.165, 1.54) is 11.1 Å². The van der Waals surface area contributed by atoms with Crippen LogP contribution in [0.2, 0.25) is 20.1 Å². The zero-order valence-electron chi connectivity index (χ0n) is 70.9. The topological polar surface area (TPSA) is 227 Å². The number of nitrogens with one attached hydrogen (secondary N) is 4. The monoisotopic (exact) mass is 1900 g/mol. The number of H-pyrrole nitrogens is 4. The minimum absolute atomic E-state index is 0.0649. The highest BCUT2D eigenvalue weighted by atomic mass is 35.5. The highest BCUT2D eigenvalue weighted by Gasteiger charge is 2.41. The van der Waals surface area contributed by atoms with Crippen LogP contribution in [0.4, 0.5) is 19.2 Å². The van der Waals surface area contributed by atoms with Gasteiger partial charge in [-0.15, -0.1) is 52.8 Å². The van der Waals surface area contributed by atoms with E-state index in [4.69, 9.17) is 153 Å². The molecule has 127 heavy (non-hydrogen) atoms. The molecule has 8 aromatic carbocycles. The maximum atomic E-state index is 13.0. The number of rotatable bonds is 28. The van der Waals surface area contributed by atoms with E-state index in [0.29, 0.717) is 129 Å². The largest absolute Gasteiger partial charge is 0.494 e. The van der Waals surface area contributed by atoms with Gasteiger partial charge in [-0.25, -0.2) is 19.2 Å². The molecule has 8 heterocycles. The van der Waals surface area contributed by atoms with Gasteiger partial charge in [0, 0.05) is 143 Å². The summed E-state index contributed by atoms with van der Waals surface area (Å²) in [6.45, 7) is 10.6. The van der Waals surface area contributed by atoms with Crippen molar-refractivity contribution in [3.05, 3.63) is 257 Å². The Bertz CT molecular complexity index is 5750. The minimum Gasteiger partial charge on any atom is -0.494 e. The second kappa shape index (κ2) is 46.0. The molecule has 16 rings (SSSR count). The zero-order valence-corrected chi connectivity index (χ0v) is 77.7. The van der Waals surface area contributed by atoms with Crippen molar-refractivity contribution in [1.82, 2.24) is 39.5 Å². The Balaban J connectivity index is 0.000000145. The van der Waals surface area contributed by atoms with Crippen LogP contribution in [0.1, 0.15) is 151 Å². The fourth-order valence-electron chi connectivity index (χ4n) is 16.3. The molecule has 30 heteroatoms. The van der Waals surface area contributed by atoms with E-state index in [2.05, 4.69) is 25.9 Å². The average Bonchev–Trinajstić information content (AvgIpc) is 1.63. The number of terminal acetylenes is 1. The number of benzene rings is 8. The lowest BCUT2D eigenvalue weighted by Crippen LogP contribution is -2.41. The third kappa shape index (κ3) is 23.5. The van der Waals surface area contributed by atoms with Crippen molar-refractivity contribution in [3.8, 4) is 35.3 Å². The van der Waals surface area contributed by atoms with Gasteiger partial charge >= 0.3 is 24.4 Å². The van der Waals surface area contributed by atoms with Crippen LogP contribution < -0.4 is 18.9 Å². The molecule has 5 atom stereocenters. The van der Waals surface area contributed by atoms with Gasteiger partial charge in [0.05, 0.1) is 39.1 Å². The Morgan fingerprint density at radius 1 is 0.394 bits per heavy atom. The fraction of sp³-hybridized carbons (Fsp3) is 0.361. The number of halogens is 9. The normalized spacial score (nSPS) is 15.9. The summed E-state index contributed by atoms with van der Waals surface area (Å²) in [5, 5.41) is 7.10. The molecule has 0 spiro atoms. The van der Waals surface area contributed by atoms with E-state index in [-0.39, 0.29) is 55.7 Å². The van der Waals surface area contributed by atoms with Gasteiger partial charge in [-0.3, -0.25) is 19.6 Å². The third-order valence-electron chi connectivity index (χ3n) is 22.2. The van der Waals surface area contributed by atoms with Crippen molar-refractivity contribution in [1.29, 1.82) is 0 Å². The molecule has 0 radical (unpaired) electrons. The summed E-state index contributed by atoms with van der Waals surface area (Å²) < 4.78 is 49.8. The maximum absolute atomic E-state index is 13.0. The van der Waals surface area contributed by atoms with Gasteiger partial charge in [0.2, 0.25) is 0 Å². The van der Waals surface area contributed by atoms with Crippen LogP contribution in [0.5, 0.6) is 23.0 Å². The number of carbonyl (C=O) groups excluding carboxylic acids is 4. The van der Waals surface area contributed by atoms with E-state index >= 15 is 0 Å². The van der Waals surface area contributed by atoms with Gasteiger partial charge in [0.15, 0.2) is 12.2 Å². The number of nitrogens with zero attached hydrogens (tertiary/aromatic N) is 4. The first-order valence-corrected chi connectivity index (χ1v) is 46.5. The van der Waals surface area contributed by atoms with Crippen molar-refractivity contribution < 1.29 is 61.8 Å². The summed E-state index contributed by atoms with van der Waals surface area (Å²) in [5.41, 5.74) is 15.8.